The lowest BCUT2D eigenvalue weighted by Gasteiger charge is -2.26. The van der Waals surface area contributed by atoms with Crippen LogP contribution in [0.2, 0.25) is 0 Å². The van der Waals surface area contributed by atoms with E-state index in [1.807, 2.05) is 62.4 Å². The van der Waals surface area contributed by atoms with Gasteiger partial charge in [0.1, 0.15) is 11.3 Å². The third-order valence-corrected chi connectivity index (χ3v) is 5.54. The van der Waals surface area contributed by atoms with Crippen LogP contribution in [0.5, 0.6) is 5.75 Å². The zero-order valence-electron chi connectivity index (χ0n) is 17.3. The van der Waals surface area contributed by atoms with E-state index < -0.39 is 6.04 Å². The summed E-state index contributed by atoms with van der Waals surface area (Å²) >= 11 is 0. The summed E-state index contributed by atoms with van der Waals surface area (Å²) in [6, 6.07) is 21.6. The molecule has 1 aliphatic rings. The van der Waals surface area contributed by atoms with E-state index >= 15 is 0 Å². The number of carbonyl (C=O) groups excluding carboxylic acids is 1. The maximum atomic E-state index is 13.6. The molecule has 154 valence electrons. The third-order valence-electron chi connectivity index (χ3n) is 5.54. The number of amides is 1. The second-order valence-corrected chi connectivity index (χ2v) is 7.59. The molecule has 1 unspecified atom stereocenters. The van der Waals surface area contributed by atoms with Crippen LogP contribution in [0.4, 0.5) is 5.69 Å². The van der Waals surface area contributed by atoms with Gasteiger partial charge in [0.15, 0.2) is 5.43 Å². The van der Waals surface area contributed by atoms with E-state index in [1.165, 1.54) is 0 Å². The molecule has 5 rings (SSSR count). The molecular weight excluding hydrogens is 390 g/mol. The Morgan fingerprint density at radius 1 is 0.968 bits per heavy atom. The second-order valence-electron chi connectivity index (χ2n) is 7.59. The normalized spacial score (nSPS) is 15.4. The number of aryl methyl sites for hydroxylation is 1. The van der Waals surface area contributed by atoms with Crippen molar-refractivity contribution in [1.29, 1.82) is 0 Å². The molecule has 4 aromatic rings. The van der Waals surface area contributed by atoms with Gasteiger partial charge in [-0.2, -0.15) is 0 Å². The highest BCUT2D eigenvalue weighted by Crippen LogP contribution is 2.42. The first-order valence-electron chi connectivity index (χ1n) is 10.3. The summed E-state index contributed by atoms with van der Waals surface area (Å²) in [5, 5.41) is 0.464. The minimum absolute atomic E-state index is 0.0945. The predicted molar refractivity (Wildman–Crippen MR) is 120 cm³/mol. The van der Waals surface area contributed by atoms with Gasteiger partial charge in [-0.25, -0.2) is 0 Å². The average molecular weight is 411 g/mol. The minimum atomic E-state index is -0.606. The molecule has 0 aliphatic carbocycles. The molecule has 0 bridgehead atoms. The molecule has 31 heavy (non-hydrogen) atoms. The van der Waals surface area contributed by atoms with Gasteiger partial charge in [-0.05, 0) is 61.4 Å². The molecule has 0 saturated heterocycles. The maximum Gasteiger partial charge on any atom is 0.295 e. The summed E-state index contributed by atoms with van der Waals surface area (Å²) in [5.41, 5.74) is 3.11. The van der Waals surface area contributed by atoms with Crippen LogP contribution in [-0.4, -0.2) is 12.5 Å². The first-order valence-corrected chi connectivity index (χ1v) is 10.3. The quantitative estimate of drug-likeness (QED) is 0.460. The standard InChI is InChI=1S/C26H21NO4/c1-3-30-19-11-7-9-17(15-19)23-22-24(28)20-12-4-5-13-21(20)31-25(22)26(29)27(23)18-10-6-8-16(2)14-18/h4-15,23H,3H2,1-2H3. The molecule has 1 amide bonds. The van der Waals surface area contributed by atoms with Crippen molar-refractivity contribution in [2.75, 3.05) is 11.5 Å². The van der Waals surface area contributed by atoms with Gasteiger partial charge in [0, 0.05) is 5.69 Å². The van der Waals surface area contributed by atoms with E-state index in [-0.39, 0.29) is 17.1 Å². The number of hydrogen-bond donors (Lipinski definition) is 0. The van der Waals surface area contributed by atoms with Gasteiger partial charge in [-0.1, -0.05) is 36.4 Å². The van der Waals surface area contributed by atoms with Crippen LogP contribution in [0.1, 0.15) is 40.2 Å². The maximum absolute atomic E-state index is 13.6. The van der Waals surface area contributed by atoms with Gasteiger partial charge >= 0.3 is 0 Å². The number of ether oxygens (including phenoxy) is 1. The van der Waals surface area contributed by atoms with Crippen molar-refractivity contribution in [2.45, 2.75) is 19.9 Å². The Morgan fingerprint density at radius 3 is 2.58 bits per heavy atom. The Hall–Kier alpha value is -3.86. The van der Waals surface area contributed by atoms with Crippen molar-refractivity contribution in [2.24, 2.45) is 0 Å². The number of nitrogens with zero attached hydrogens (tertiary/aromatic N) is 1. The van der Waals surface area contributed by atoms with Crippen LogP contribution < -0.4 is 15.1 Å². The van der Waals surface area contributed by atoms with Crippen LogP contribution in [0.15, 0.2) is 82.0 Å². The van der Waals surface area contributed by atoms with Gasteiger partial charge < -0.3 is 9.15 Å². The monoisotopic (exact) mass is 411 g/mol. The molecule has 1 aliphatic heterocycles. The Kier molecular flexibility index (Phi) is 4.59. The fourth-order valence-electron chi connectivity index (χ4n) is 4.22. The van der Waals surface area contributed by atoms with Gasteiger partial charge in [0.05, 0.1) is 23.6 Å². The van der Waals surface area contributed by atoms with E-state index in [9.17, 15) is 9.59 Å². The van der Waals surface area contributed by atoms with Crippen LogP contribution in [0.25, 0.3) is 11.0 Å². The molecule has 1 aromatic heterocycles. The van der Waals surface area contributed by atoms with E-state index in [1.54, 1.807) is 29.2 Å². The molecule has 0 radical (unpaired) electrons. The Labute approximate surface area is 179 Å². The smallest absolute Gasteiger partial charge is 0.295 e. The van der Waals surface area contributed by atoms with E-state index in [2.05, 4.69) is 0 Å². The molecule has 0 N–H and O–H groups in total. The number of carbonyl (C=O) groups is 1. The van der Waals surface area contributed by atoms with Crippen molar-refractivity contribution in [3.8, 4) is 5.75 Å². The SMILES string of the molecule is CCOc1cccc(C2c3c(oc4ccccc4c3=O)C(=O)N2c2cccc(C)c2)c1. The van der Waals surface area contributed by atoms with Crippen LogP contribution in [0, 0.1) is 6.92 Å². The van der Waals surface area contributed by atoms with Crippen LogP contribution in [0.3, 0.4) is 0 Å². The van der Waals surface area contributed by atoms with Crippen molar-refractivity contribution in [1.82, 2.24) is 0 Å². The van der Waals surface area contributed by atoms with Gasteiger partial charge in [-0.15, -0.1) is 0 Å². The number of rotatable bonds is 4. The Balaban J connectivity index is 1.80. The topological polar surface area (TPSA) is 59.8 Å². The highest BCUT2D eigenvalue weighted by Gasteiger charge is 2.43. The van der Waals surface area contributed by atoms with E-state index in [0.29, 0.717) is 34.6 Å². The summed E-state index contributed by atoms with van der Waals surface area (Å²) in [6.45, 7) is 4.42. The van der Waals surface area contributed by atoms with Crippen molar-refractivity contribution in [3.05, 3.63) is 105 Å². The fraction of sp³-hybridized carbons (Fsp3) is 0.154. The number of para-hydroxylation sites is 1. The molecule has 1 atom stereocenters. The molecule has 2 heterocycles. The summed E-state index contributed by atoms with van der Waals surface area (Å²) in [6.07, 6.45) is 0. The number of anilines is 1. The largest absolute Gasteiger partial charge is 0.494 e. The second kappa shape index (κ2) is 7.43. The van der Waals surface area contributed by atoms with Crippen LogP contribution in [-0.2, 0) is 0 Å². The van der Waals surface area contributed by atoms with Crippen LogP contribution >= 0.6 is 0 Å². The number of benzene rings is 3. The fourth-order valence-corrected chi connectivity index (χ4v) is 4.22. The molecular formula is C26H21NO4. The van der Waals surface area contributed by atoms with Crippen molar-refractivity contribution in [3.63, 3.8) is 0 Å². The lowest BCUT2D eigenvalue weighted by Crippen LogP contribution is -2.29. The molecule has 0 spiro atoms. The van der Waals surface area contributed by atoms with Crippen molar-refractivity contribution >= 4 is 22.6 Å². The molecule has 5 nitrogen and oxygen atoms in total. The molecule has 3 aromatic carbocycles. The first kappa shape index (κ1) is 19.1. The Morgan fingerprint density at radius 2 is 1.77 bits per heavy atom. The van der Waals surface area contributed by atoms with E-state index in [0.717, 1.165) is 11.1 Å². The number of fused-ring (bicyclic) bond motifs is 2. The molecule has 0 saturated carbocycles. The summed E-state index contributed by atoms with van der Waals surface area (Å²) < 4.78 is 11.7. The highest BCUT2D eigenvalue weighted by atomic mass is 16.5. The van der Waals surface area contributed by atoms with Gasteiger partial charge in [0.25, 0.3) is 5.91 Å². The molecule has 5 heteroatoms. The number of hydrogen-bond acceptors (Lipinski definition) is 4. The first-order chi connectivity index (χ1) is 15.1. The van der Waals surface area contributed by atoms with Gasteiger partial charge in [0.2, 0.25) is 5.76 Å². The van der Waals surface area contributed by atoms with Gasteiger partial charge in [-0.3, -0.25) is 14.5 Å². The third kappa shape index (κ3) is 3.10. The average Bonchev–Trinajstić information content (AvgIpc) is 3.07. The highest BCUT2D eigenvalue weighted by molar-refractivity contribution is 6.10. The van der Waals surface area contributed by atoms with E-state index in [4.69, 9.17) is 9.15 Å². The predicted octanol–water partition coefficient (Wildman–Crippen LogP) is 5.25. The lowest BCUT2D eigenvalue weighted by molar-refractivity contribution is 0.0971. The summed E-state index contributed by atoms with van der Waals surface area (Å²) in [7, 11) is 0. The molecule has 0 fully saturated rings. The summed E-state index contributed by atoms with van der Waals surface area (Å²) in [5.74, 6) is 0.461. The summed E-state index contributed by atoms with van der Waals surface area (Å²) in [4.78, 5) is 28.7. The zero-order valence-corrected chi connectivity index (χ0v) is 17.3. The Bertz CT molecular complexity index is 1370. The van der Waals surface area contributed by atoms with Crippen molar-refractivity contribution < 1.29 is 13.9 Å². The zero-order chi connectivity index (χ0) is 21.5. The lowest BCUT2D eigenvalue weighted by atomic mass is 9.98. The minimum Gasteiger partial charge on any atom is -0.494 e.